The van der Waals surface area contributed by atoms with Crippen LogP contribution in [0, 0.1) is 0 Å². The van der Waals surface area contributed by atoms with Crippen molar-refractivity contribution in [2.45, 2.75) is 25.8 Å². The van der Waals surface area contributed by atoms with Crippen molar-refractivity contribution in [3.63, 3.8) is 0 Å². The molecule has 5 heteroatoms. The molecule has 18 heavy (non-hydrogen) atoms. The molecule has 0 saturated carbocycles. The fourth-order valence-corrected chi connectivity index (χ4v) is 2.34. The third-order valence-corrected chi connectivity index (χ3v) is 3.35. The van der Waals surface area contributed by atoms with Gasteiger partial charge in [-0.2, -0.15) is 0 Å². The number of hydrogen-bond donors (Lipinski definition) is 2. The summed E-state index contributed by atoms with van der Waals surface area (Å²) in [4.78, 5) is 16.4. The summed E-state index contributed by atoms with van der Waals surface area (Å²) < 4.78 is 0. The molecule has 1 aliphatic rings. The maximum Gasteiger partial charge on any atom is 0.257 e. The Morgan fingerprint density at radius 3 is 2.78 bits per heavy atom. The first-order valence-electron chi connectivity index (χ1n) is 6.02. The van der Waals surface area contributed by atoms with Crippen LogP contribution in [0.3, 0.4) is 0 Å². The van der Waals surface area contributed by atoms with E-state index in [0.29, 0.717) is 23.9 Å². The molecule has 1 aromatic carbocycles. The second-order valence-electron chi connectivity index (χ2n) is 4.17. The van der Waals surface area contributed by atoms with Crippen LogP contribution in [0.25, 0.3) is 0 Å². The van der Waals surface area contributed by atoms with Crippen molar-refractivity contribution in [3.05, 3.63) is 34.9 Å². The lowest BCUT2D eigenvalue weighted by atomic mass is 9.87. The first kappa shape index (κ1) is 12.9. The zero-order chi connectivity index (χ0) is 13.2. The molecule has 1 amide bonds. The molecule has 1 heterocycles. The van der Waals surface area contributed by atoms with E-state index in [9.17, 15) is 4.79 Å². The molecule has 1 aliphatic heterocycles. The summed E-state index contributed by atoms with van der Waals surface area (Å²) in [5, 5.41) is 6.57. The number of rotatable bonds is 3. The Bertz CT molecular complexity index is 501. The van der Waals surface area contributed by atoms with Crippen LogP contribution >= 0.6 is 11.6 Å². The van der Waals surface area contributed by atoms with Crippen molar-refractivity contribution in [2.24, 2.45) is 4.99 Å². The van der Waals surface area contributed by atoms with Crippen molar-refractivity contribution in [3.8, 4) is 0 Å². The van der Waals surface area contributed by atoms with Crippen LogP contribution in [0.2, 0.25) is 5.02 Å². The van der Waals surface area contributed by atoms with Crippen LogP contribution in [0.15, 0.2) is 29.3 Å². The molecule has 1 saturated heterocycles. The van der Waals surface area contributed by atoms with E-state index in [1.165, 1.54) is 0 Å². The van der Waals surface area contributed by atoms with E-state index in [4.69, 9.17) is 11.6 Å². The molecule has 4 nitrogen and oxygen atoms in total. The highest BCUT2D eigenvalue weighted by Gasteiger charge is 2.45. The molecular weight excluding hydrogens is 250 g/mol. The van der Waals surface area contributed by atoms with Gasteiger partial charge in [0.25, 0.3) is 5.91 Å². The van der Waals surface area contributed by atoms with E-state index in [-0.39, 0.29) is 5.91 Å². The van der Waals surface area contributed by atoms with Crippen LogP contribution in [0.1, 0.15) is 25.8 Å². The number of halogens is 1. The van der Waals surface area contributed by atoms with Crippen LogP contribution in [0.5, 0.6) is 0 Å². The van der Waals surface area contributed by atoms with Gasteiger partial charge in [0.2, 0.25) is 0 Å². The molecule has 0 aliphatic carbocycles. The Hall–Kier alpha value is -1.55. The Labute approximate surface area is 111 Å². The van der Waals surface area contributed by atoms with E-state index in [2.05, 4.69) is 15.6 Å². The number of carbonyl (C=O) groups excluding carboxylic acids is 1. The van der Waals surface area contributed by atoms with E-state index in [0.717, 1.165) is 5.56 Å². The number of hydrogen-bond acceptors (Lipinski definition) is 2. The largest absolute Gasteiger partial charge is 0.338 e. The highest BCUT2D eigenvalue weighted by Crippen LogP contribution is 2.29. The molecule has 0 spiro atoms. The second kappa shape index (κ2) is 4.98. The van der Waals surface area contributed by atoms with Gasteiger partial charge in [0.1, 0.15) is 5.54 Å². The number of nitrogens with zero attached hydrogens (tertiary/aromatic N) is 1. The lowest BCUT2D eigenvalue weighted by molar-refractivity contribution is -0.124. The summed E-state index contributed by atoms with van der Waals surface area (Å²) >= 11 is 6.00. The smallest absolute Gasteiger partial charge is 0.257 e. The molecule has 96 valence electrons. The molecule has 0 bridgehead atoms. The summed E-state index contributed by atoms with van der Waals surface area (Å²) in [5.74, 6) is 0.448. The average molecular weight is 266 g/mol. The van der Waals surface area contributed by atoms with Gasteiger partial charge in [-0.1, -0.05) is 30.7 Å². The highest BCUT2D eigenvalue weighted by molar-refractivity contribution is 6.30. The zero-order valence-corrected chi connectivity index (χ0v) is 11.2. The lowest BCUT2D eigenvalue weighted by Gasteiger charge is -2.25. The average Bonchev–Trinajstić information content (AvgIpc) is 2.67. The zero-order valence-electron chi connectivity index (χ0n) is 10.5. The van der Waals surface area contributed by atoms with Crippen molar-refractivity contribution in [1.29, 1.82) is 0 Å². The molecule has 1 aromatic rings. The van der Waals surface area contributed by atoms with Crippen molar-refractivity contribution in [1.82, 2.24) is 10.6 Å². The van der Waals surface area contributed by atoms with Gasteiger partial charge in [0.05, 0.1) is 0 Å². The number of benzene rings is 1. The third-order valence-electron chi connectivity index (χ3n) is 3.12. The van der Waals surface area contributed by atoms with Crippen molar-refractivity contribution < 1.29 is 4.79 Å². The fourth-order valence-electron chi connectivity index (χ4n) is 2.15. The molecule has 0 aromatic heterocycles. The SMILES string of the molecule is CCN=C1NC(=O)C(CC)(c2cccc(Cl)c2)N1. The van der Waals surface area contributed by atoms with Gasteiger partial charge in [-0.05, 0) is 31.0 Å². The van der Waals surface area contributed by atoms with Crippen LogP contribution in [-0.2, 0) is 10.3 Å². The van der Waals surface area contributed by atoms with Gasteiger partial charge >= 0.3 is 0 Å². The maximum atomic E-state index is 12.2. The molecule has 2 N–H and O–H groups in total. The standard InChI is InChI=1S/C13H16ClN3O/c1-3-13(9-6-5-7-10(14)8-9)11(18)16-12(17-13)15-4-2/h5-8H,3-4H2,1-2H3,(H2,15,16,17,18). The minimum Gasteiger partial charge on any atom is -0.338 e. The topological polar surface area (TPSA) is 53.5 Å². The first-order chi connectivity index (χ1) is 8.62. The van der Waals surface area contributed by atoms with Crippen LogP contribution in [0.4, 0.5) is 0 Å². The Morgan fingerprint density at radius 2 is 2.17 bits per heavy atom. The fraction of sp³-hybridized carbons (Fsp3) is 0.385. The predicted octanol–water partition coefficient (Wildman–Crippen LogP) is 2.04. The normalized spacial score (nSPS) is 25.1. The van der Waals surface area contributed by atoms with Gasteiger partial charge in [-0.3, -0.25) is 15.1 Å². The van der Waals surface area contributed by atoms with E-state index in [1.54, 1.807) is 6.07 Å². The summed E-state index contributed by atoms with van der Waals surface area (Å²) in [6.07, 6.45) is 0.627. The van der Waals surface area contributed by atoms with Crippen LogP contribution < -0.4 is 10.6 Å². The van der Waals surface area contributed by atoms with Gasteiger partial charge in [0, 0.05) is 11.6 Å². The summed E-state index contributed by atoms with van der Waals surface area (Å²) in [6.45, 7) is 4.51. The van der Waals surface area contributed by atoms with Gasteiger partial charge in [-0.15, -0.1) is 0 Å². The van der Waals surface area contributed by atoms with E-state index >= 15 is 0 Å². The number of amides is 1. The molecule has 1 fully saturated rings. The van der Waals surface area contributed by atoms with Gasteiger partial charge in [0.15, 0.2) is 5.96 Å². The first-order valence-corrected chi connectivity index (χ1v) is 6.40. The van der Waals surface area contributed by atoms with Crippen molar-refractivity contribution in [2.75, 3.05) is 6.54 Å². The third kappa shape index (κ3) is 2.08. The molecule has 0 radical (unpaired) electrons. The number of carbonyl (C=O) groups is 1. The Balaban J connectivity index is 2.43. The van der Waals surface area contributed by atoms with Gasteiger partial charge < -0.3 is 5.32 Å². The molecule has 1 atom stereocenters. The molecule has 1 unspecified atom stereocenters. The quantitative estimate of drug-likeness (QED) is 0.879. The predicted molar refractivity (Wildman–Crippen MR) is 72.7 cm³/mol. The lowest BCUT2D eigenvalue weighted by Crippen LogP contribution is -2.43. The number of aliphatic imine (C=N–C) groups is 1. The molecular formula is C13H16ClN3O. The summed E-state index contributed by atoms with van der Waals surface area (Å²) in [6, 6.07) is 7.35. The van der Waals surface area contributed by atoms with Crippen LogP contribution in [-0.4, -0.2) is 18.4 Å². The minimum absolute atomic E-state index is 0.0838. The van der Waals surface area contributed by atoms with Crippen molar-refractivity contribution >= 4 is 23.5 Å². The summed E-state index contributed by atoms with van der Waals surface area (Å²) in [5.41, 5.74) is 0.0927. The summed E-state index contributed by atoms with van der Waals surface area (Å²) in [7, 11) is 0. The number of nitrogens with one attached hydrogen (secondary N) is 2. The Morgan fingerprint density at radius 1 is 1.39 bits per heavy atom. The monoisotopic (exact) mass is 265 g/mol. The number of guanidine groups is 1. The van der Waals surface area contributed by atoms with E-state index in [1.807, 2.05) is 32.0 Å². The van der Waals surface area contributed by atoms with Gasteiger partial charge in [-0.25, -0.2) is 0 Å². The molecule has 2 rings (SSSR count). The Kier molecular flexibility index (Phi) is 3.57. The highest BCUT2D eigenvalue weighted by atomic mass is 35.5. The van der Waals surface area contributed by atoms with E-state index < -0.39 is 5.54 Å². The minimum atomic E-state index is -0.765. The maximum absolute atomic E-state index is 12.2. The second-order valence-corrected chi connectivity index (χ2v) is 4.61.